The maximum atomic E-state index is 2.91. The predicted octanol–water partition coefficient (Wildman–Crippen LogP) is 8.34. The SMILES string of the molecule is CCCCN(Pc1ccccc1)[P+]1(I)[C@@H](c2ccccc2)C=C[C@H]1c1ccccc1. The van der Waals surface area contributed by atoms with Gasteiger partial charge in [-0.2, -0.15) is 0 Å². The van der Waals surface area contributed by atoms with Crippen LogP contribution in [0.1, 0.15) is 42.2 Å². The average Bonchev–Trinajstić information content (AvgIpc) is 3.16. The van der Waals surface area contributed by atoms with Gasteiger partial charge in [-0.25, -0.2) is 0 Å². The van der Waals surface area contributed by atoms with Gasteiger partial charge >= 0.3 is 0 Å². The summed E-state index contributed by atoms with van der Waals surface area (Å²) in [5.74, 6) is 0. The molecule has 0 amide bonds. The van der Waals surface area contributed by atoms with Crippen LogP contribution in [0.15, 0.2) is 103 Å². The summed E-state index contributed by atoms with van der Waals surface area (Å²) in [6, 6.07) is 33.3. The Balaban J connectivity index is 1.78. The summed E-state index contributed by atoms with van der Waals surface area (Å²) >= 11 is 2.91. The molecule has 0 bridgehead atoms. The average molecular weight is 544 g/mol. The van der Waals surface area contributed by atoms with E-state index < -0.39 is 5.06 Å². The van der Waals surface area contributed by atoms with Gasteiger partial charge in [-0.15, -0.1) is 4.44 Å². The maximum Gasteiger partial charge on any atom is 0.178 e. The van der Waals surface area contributed by atoms with Crippen LogP contribution < -0.4 is 5.30 Å². The zero-order chi connectivity index (χ0) is 20.8. The van der Waals surface area contributed by atoms with Crippen LogP contribution >= 0.6 is 35.8 Å². The first-order valence-electron chi connectivity index (χ1n) is 10.7. The van der Waals surface area contributed by atoms with E-state index in [-0.39, 0.29) is 0 Å². The van der Waals surface area contributed by atoms with Gasteiger partial charge in [0, 0.05) is 15.3 Å². The lowest BCUT2D eigenvalue weighted by Gasteiger charge is -2.37. The fraction of sp³-hybridized carbons (Fsp3) is 0.231. The first-order valence-corrected chi connectivity index (χ1v) is 16.3. The number of hydrogen-bond acceptors (Lipinski definition) is 1. The predicted molar refractivity (Wildman–Crippen MR) is 144 cm³/mol. The monoisotopic (exact) mass is 544 g/mol. The normalized spacial score (nSPS) is 23.6. The van der Waals surface area contributed by atoms with E-state index >= 15 is 0 Å². The minimum Gasteiger partial charge on any atom is -0.149 e. The summed E-state index contributed by atoms with van der Waals surface area (Å²) in [4.78, 5) is 0. The van der Waals surface area contributed by atoms with E-state index in [1.165, 1.54) is 29.3 Å². The van der Waals surface area contributed by atoms with Crippen molar-refractivity contribution in [2.75, 3.05) is 6.54 Å². The molecular weight excluding hydrogens is 515 g/mol. The molecule has 1 nitrogen and oxygen atoms in total. The Morgan fingerprint density at radius 2 is 1.23 bits per heavy atom. The summed E-state index contributed by atoms with van der Waals surface area (Å²) in [6.07, 6.45) is 7.47. The molecule has 1 aliphatic rings. The third kappa shape index (κ3) is 4.73. The molecule has 0 N–H and O–H groups in total. The lowest BCUT2D eigenvalue weighted by atomic mass is 10.1. The summed E-state index contributed by atoms with van der Waals surface area (Å²) < 4.78 is 2.88. The Bertz CT molecular complexity index is 897. The van der Waals surface area contributed by atoms with Gasteiger partial charge in [0.15, 0.2) is 27.1 Å². The first-order chi connectivity index (χ1) is 14.7. The first kappa shape index (κ1) is 22.2. The van der Waals surface area contributed by atoms with Crippen molar-refractivity contribution in [2.45, 2.75) is 31.1 Å². The number of rotatable bonds is 8. The van der Waals surface area contributed by atoms with Crippen molar-refractivity contribution in [2.24, 2.45) is 0 Å². The van der Waals surface area contributed by atoms with Crippen LogP contribution in [-0.4, -0.2) is 11.0 Å². The Morgan fingerprint density at radius 1 is 0.767 bits per heavy atom. The van der Waals surface area contributed by atoms with Gasteiger partial charge in [-0.05, 0) is 35.0 Å². The van der Waals surface area contributed by atoms with Crippen LogP contribution in [0, 0.1) is 0 Å². The topological polar surface area (TPSA) is 3.24 Å². The van der Waals surface area contributed by atoms with E-state index in [4.69, 9.17) is 0 Å². The van der Waals surface area contributed by atoms with Crippen LogP contribution in [0.3, 0.4) is 0 Å². The molecule has 0 aliphatic carbocycles. The number of halogens is 1. The van der Waals surface area contributed by atoms with E-state index in [2.05, 4.69) is 137 Å². The molecule has 154 valence electrons. The smallest absolute Gasteiger partial charge is 0.149 e. The molecule has 0 fully saturated rings. The molecule has 0 spiro atoms. The highest BCUT2D eigenvalue weighted by atomic mass is 127. The molecule has 3 aromatic rings. The molecule has 0 aromatic heterocycles. The van der Waals surface area contributed by atoms with Crippen molar-refractivity contribution >= 4 is 41.1 Å². The molecule has 2 unspecified atom stereocenters. The van der Waals surface area contributed by atoms with E-state index in [9.17, 15) is 0 Å². The molecule has 3 aromatic carbocycles. The molecular formula is C26H29INP2+. The molecule has 0 saturated carbocycles. The summed E-state index contributed by atoms with van der Waals surface area (Å²) in [7, 11) is 0.707. The van der Waals surface area contributed by atoms with Crippen molar-refractivity contribution < 1.29 is 0 Å². The van der Waals surface area contributed by atoms with E-state index in [0.717, 1.165) is 6.54 Å². The zero-order valence-electron chi connectivity index (χ0n) is 17.4. The van der Waals surface area contributed by atoms with Crippen molar-refractivity contribution in [3.8, 4) is 0 Å². The fourth-order valence-corrected chi connectivity index (χ4v) is 14.7. The minimum atomic E-state index is -1.58. The molecule has 1 aliphatic heterocycles. The van der Waals surface area contributed by atoms with Gasteiger partial charge in [0.1, 0.15) is 11.3 Å². The summed E-state index contributed by atoms with van der Waals surface area (Å²) in [6.45, 7) is 3.47. The van der Waals surface area contributed by atoms with Crippen molar-refractivity contribution in [3.63, 3.8) is 0 Å². The lowest BCUT2D eigenvalue weighted by molar-refractivity contribution is 0.636. The second kappa shape index (κ2) is 10.5. The maximum absolute atomic E-state index is 2.91. The number of hydrogen-bond donors (Lipinski definition) is 0. The van der Waals surface area contributed by atoms with Crippen LogP contribution in [0.4, 0.5) is 0 Å². The third-order valence-corrected chi connectivity index (χ3v) is 17.9. The van der Waals surface area contributed by atoms with Crippen molar-refractivity contribution in [1.29, 1.82) is 0 Å². The largest absolute Gasteiger partial charge is 0.178 e. The highest BCUT2D eigenvalue weighted by Gasteiger charge is 2.58. The van der Waals surface area contributed by atoms with Crippen LogP contribution in [-0.2, 0) is 0 Å². The standard InChI is InChI=1S/C26H29INP2/c1-2-3-21-28(29-24-17-11-6-12-18-24)30(27)25(22-13-7-4-8-14-22)19-20-26(30)23-15-9-5-10-16-23/h4-20,25-26,29H,2-3,21H2,1H3/q+1/t25-,26+,30?. The number of unbranched alkanes of at least 4 members (excludes halogenated alkanes) is 1. The van der Waals surface area contributed by atoms with Gasteiger partial charge in [0.25, 0.3) is 0 Å². The molecule has 0 saturated heterocycles. The van der Waals surface area contributed by atoms with E-state index in [0.29, 0.717) is 20.0 Å². The fourth-order valence-electron chi connectivity index (χ4n) is 4.12. The van der Waals surface area contributed by atoms with Gasteiger partial charge in [-0.1, -0.05) is 104 Å². The van der Waals surface area contributed by atoms with Crippen LogP contribution in [0.25, 0.3) is 0 Å². The Hall–Kier alpha value is -1.05. The number of benzene rings is 3. The quantitative estimate of drug-likeness (QED) is 0.157. The highest BCUT2D eigenvalue weighted by Crippen LogP contribution is 2.90. The summed E-state index contributed by atoms with van der Waals surface area (Å²) in [5, 5.41) is -0.145. The van der Waals surface area contributed by atoms with Crippen molar-refractivity contribution in [1.82, 2.24) is 4.44 Å². The van der Waals surface area contributed by atoms with Gasteiger partial charge in [-0.3, -0.25) is 0 Å². The van der Waals surface area contributed by atoms with Gasteiger partial charge < -0.3 is 0 Å². The highest BCUT2D eigenvalue weighted by molar-refractivity contribution is 14.2. The van der Waals surface area contributed by atoms with E-state index in [1.54, 1.807) is 0 Å². The molecule has 4 rings (SSSR count). The third-order valence-electron chi connectivity index (χ3n) is 5.66. The molecule has 4 atom stereocenters. The number of allylic oxidation sites excluding steroid dienone is 2. The Labute approximate surface area is 196 Å². The van der Waals surface area contributed by atoms with E-state index in [1.807, 2.05) is 0 Å². The Morgan fingerprint density at radius 3 is 1.70 bits per heavy atom. The summed E-state index contributed by atoms with van der Waals surface area (Å²) in [5.41, 5.74) is 3.85. The van der Waals surface area contributed by atoms with Crippen molar-refractivity contribution in [3.05, 3.63) is 114 Å². The number of nitrogens with zero attached hydrogens (tertiary/aromatic N) is 1. The van der Waals surface area contributed by atoms with Gasteiger partial charge in [0.2, 0.25) is 0 Å². The Kier molecular flexibility index (Phi) is 7.76. The molecule has 4 heteroatoms. The lowest BCUT2D eigenvalue weighted by Crippen LogP contribution is -2.22. The van der Waals surface area contributed by atoms with Crippen LogP contribution in [0.2, 0.25) is 0 Å². The van der Waals surface area contributed by atoms with Gasteiger partial charge in [0.05, 0.1) is 0 Å². The molecule has 1 heterocycles. The second-order valence-corrected chi connectivity index (χ2v) is 17.0. The molecule has 30 heavy (non-hydrogen) atoms. The minimum absolute atomic E-state index is 0.470. The molecule has 0 radical (unpaired) electrons. The zero-order valence-corrected chi connectivity index (χ0v) is 21.4. The van der Waals surface area contributed by atoms with Crippen LogP contribution in [0.5, 0.6) is 0 Å². The second-order valence-electron chi connectivity index (χ2n) is 7.70.